The van der Waals surface area contributed by atoms with Crippen molar-refractivity contribution in [3.63, 3.8) is 0 Å². The predicted octanol–water partition coefficient (Wildman–Crippen LogP) is 5.27. The second-order valence-corrected chi connectivity index (χ2v) is 7.40. The highest BCUT2D eigenvalue weighted by Gasteiger charge is 2.44. The first-order valence-electron chi connectivity index (χ1n) is 8.69. The molecule has 1 unspecified atom stereocenters. The summed E-state index contributed by atoms with van der Waals surface area (Å²) in [6, 6.07) is 10.4. The van der Waals surface area contributed by atoms with Crippen molar-refractivity contribution >= 4 is 34.9 Å². The fourth-order valence-electron chi connectivity index (χ4n) is 3.34. The van der Waals surface area contributed by atoms with Crippen LogP contribution in [0.2, 0.25) is 10.0 Å². The molecule has 1 N–H and O–H groups in total. The fourth-order valence-corrected chi connectivity index (χ4v) is 3.64. The molecular formula is C21H15Cl2NO5. The number of furan rings is 2. The van der Waals surface area contributed by atoms with Crippen LogP contribution < -0.4 is 0 Å². The third-order valence-electron chi connectivity index (χ3n) is 4.68. The van der Waals surface area contributed by atoms with E-state index in [1.807, 2.05) is 0 Å². The Morgan fingerprint density at radius 2 is 1.97 bits per heavy atom. The highest BCUT2D eigenvalue weighted by molar-refractivity contribution is 6.42. The maximum Gasteiger partial charge on any atom is 0.290 e. The van der Waals surface area contributed by atoms with E-state index in [9.17, 15) is 14.7 Å². The number of aliphatic hydroxyl groups excluding tert-OH is 1. The number of hydrogen-bond acceptors (Lipinski definition) is 5. The number of benzene rings is 1. The Labute approximate surface area is 175 Å². The van der Waals surface area contributed by atoms with Gasteiger partial charge in [0.25, 0.3) is 5.91 Å². The molecule has 0 fully saturated rings. The van der Waals surface area contributed by atoms with Crippen LogP contribution in [0.3, 0.4) is 0 Å². The van der Waals surface area contributed by atoms with Crippen LogP contribution in [-0.2, 0) is 11.3 Å². The molecule has 29 heavy (non-hydrogen) atoms. The van der Waals surface area contributed by atoms with Crippen LogP contribution in [0.1, 0.15) is 33.7 Å². The summed E-state index contributed by atoms with van der Waals surface area (Å²) in [6.07, 6.45) is 1.48. The lowest BCUT2D eigenvalue weighted by Crippen LogP contribution is -2.30. The monoisotopic (exact) mass is 431 g/mol. The Bertz CT molecular complexity index is 1130. The summed E-state index contributed by atoms with van der Waals surface area (Å²) in [5.74, 6) is -0.838. The van der Waals surface area contributed by atoms with Crippen molar-refractivity contribution in [2.24, 2.45) is 0 Å². The van der Waals surface area contributed by atoms with Crippen LogP contribution in [0.4, 0.5) is 0 Å². The van der Waals surface area contributed by atoms with Gasteiger partial charge in [0.15, 0.2) is 11.5 Å². The molecule has 6 nitrogen and oxygen atoms in total. The Morgan fingerprint density at radius 3 is 2.59 bits per heavy atom. The summed E-state index contributed by atoms with van der Waals surface area (Å²) in [7, 11) is 0. The number of Topliss-reactive ketones (excluding diaryl/α,β-unsaturated/α-hetero) is 1. The summed E-state index contributed by atoms with van der Waals surface area (Å²) < 4.78 is 10.8. The van der Waals surface area contributed by atoms with Crippen molar-refractivity contribution in [2.45, 2.75) is 19.5 Å². The second-order valence-electron chi connectivity index (χ2n) is 6.59. The molecule has 1 amide bonds. The van der Waals surface area contributed by atoms with Gasteiger partial charge < -0.3 is 18.8 Å². The van der Waals surface area contributed by atoms with E-state index >= 15 is 0 Å². The Hall–Kier alpha value is -2.96. The van der Waals surface area contributed by atoms with E-state index in [1.54, 1.807) is 43.3 Å². The molecule has 0 aliphatic carbocycles. The first-order valence-corrected chi connectivity index (χ1v) is 9.45. The minimum absolute atomic E-state index is 0.0294. The van der Waals surface area contributed by atoms with E-state index in [-0.39, 0.29) is 22.9 Å². The van der Waals surface area contributed by atoms with Crippen LogP contribution in [0.25, 0.3) is 0 Å². The quantitative estimate of drug-likeness (QED) is 0.556. The van der Waals surface area contributed by atoms with Gasteiger partial charge in [-0.3, -0.25) is 9.59 Å². The normalized spacial score (nSPS) is 16.7. The van der Waals surface area contributed by atoms with Crippen molar-refractivity contribution in [1.82, 2.24) is 4.90 Å². The second kappa shape index (κ2) is 7.46. The van der Waals surface area contributed by atoms with Crippen LogP contribution in [-0.4, -0.2) is 21.7 Å². The maximum atomic E-state index is 13.1. The number of aliphatic hydroxyl groups is 1. The largest absolute Gasteiger partial charge is 0.503 e. The molecule has 0 saturated carbocycles. The zero-order valence-electron chi connectivity index (χ0n) is 15.2. The number of hydrogen-bond donors (Lipinski definition) is 1. The van der Waals surface area contributed by atoms with E-state index in [0.29, 0.717) is 22.1 Å². The number of rotatable bonds is 5. The smallest absolute Gasteiger partial charge is 0.290 e. The van der Waals surface area contributed by atoms with Gasteiger partial charge in [0.2, 0.25) is 5.78 Å². The topological polar surface area (TPSA) is 83.9 Å². The average Bonchev–Trinajstić information content (AvgIpc) is 3.41. The van der Waals surface area contributed by atoms with Gasteiger partial charge in [-0.2, -0.15) is 0 Å². The van der Waals surface area contributed by atoms with Gasteiger partial charge in [0.1, 0.15) is 11.5 Å². The Kier molecular flexibility index (Phi) is 4.98. The molecule has 2 aromatic heterocycles. The van der Waals surface area contributed by atoms with Crippen molar-refractivity contribution < 1.29 is 23.5 Å². The predicted molar refractivity (Wildman–Crippen MR) is 106 cm³/mol. The number of amides is 1. The summed E-state index contributed by atoms with van der Waals surface area (Å²) in [6.45, 7) is 1.75. The summed E-state index contributed by atoms with van der Waals surface area (Å²) in [4.78, 5) is 27.3. The number of ketones is 1. The Balaban J connectivity index is 1.82. The number of aryl methyl sites for hydroxylation is 1. The molecule has 0 saturated heterocycles. The van der Waals surface area contributed by atoms with E-state index in [4.69, 9.17) is 32.0 Å². The molecule has 3 aromatic rings. The SMILES string of the molecule is Cc1ccc(C(=O)C2=C(O)C(=O)N(Cc3ccco3)C2c2ccc(Cl)c(Cl)c2)o1. The van der Waals surface area contributed by atoms with Crippen LogP contribution in [0.15, 0.2) is 68.9 Å². The molecule has 148 valence electrons. The van der Waals surface area contributed by atoms with E-state index in [1.165, 1.54) is 17.2 Å². The Morgan fingerprint density at radius 1 is 1.17 bits per heavy atom. The maximum absolute atomic E-state index is 13.1. The third kappa shape index (κ3) is 3.45. The highest BCUT2D eigenvalue weighted by Crippen LogP contribution is 2.41. The van der Waals surface area contributed by atoms with Gasteiger partial charge in [0.05, 0.1) is 34.5 Å². The number of carbonyl (C=O) groups is 2. The molecule has 1 atom stereocenters. The lowest BCUT2D eigenvalue weighted by Gasteiger charge is -2.26. The first-order chi connectivity index (χ1) is 13.9. The molecular weight excluding hydrogens is 417 g/mol. The minimum Gasteiger partial charge on any atom is -0.503 e. The van der Waals surface area contributed by atoms with Crippen molar-refractivity contribution in [1.29, 1.82) is 0 Å². The standard InChI is InChI=1S/C21H15Cl2NO5/c1-11-4-7-16(29-11)19(25)17-18(12-5-6-14(22)15(23)9-12)24(21(27)20(17)26)10-13-3-2-8-28-13/h2-9,18,26H,10H2,1H3. The molecule has 0 radical (unpaired) electrons. The molecule has 3 heterocycles. The van der Waals surface area contributed by atoms with Gasteiger partial charge in [-0.15, -0.1) is 0 Å². The number of carbonyl (C=O) groups excluding carboxylic acids is 2. The van der Waals surface area contributed by atoms with Crippen LogP contribution in [0.5, 0.6) is 0 Å². The van der Waals surface area contributed by atoms with E-state index in [2.05, 4.69) is 0 Å². The van der Waals surface area contributed by atoms with Crippen molar-refractivity contribution in [2.75, 3.05) is 0 Å². The van der Waals surface area contributed by atoms with Gasteiger partial charge in [0, 0.05) is 0 Å². The third-order valence-corrected chi connectivity index (χ3v) is 5.42. The zero-order valence-corrected chi connectivity index (χ0v) is 16.7. The molecule has 1 aliphatic rings. The van der Waals surface area contributed by atoms with Gasteiger partial charge in [-0.1, -0.05) is 29.3 Å². The molecule has 8 heteroatoms. The number of nitrogens with zero attached hydrogens (tertiary/aromatic N) is 1. The minimum atomic E-state index is -0.889. The molecule has 0 bridgehead atoms. The molecule has 1 aromatic carbocycles. The summed E-state index contributed by atoms with van der Waals surface area (Å²) in [5.41, 5.74) is 0.435. The fraction of sp³-hybridized carbons (Fsp3) is 0.143. The highest BCUT2D eigenvalue weighted by atomic mass is 35.5. The summed E-state index contributed by atoms with van der Waals surface area (Å²) in [5, 5.41) is 11.2. The van der Waals surface area contributed by atoms with Crippen molar-refractivity contribution in [3.8, 4) is 0 Å². The van der Waals surface area contributed by atoms with E-state index in [0.717, 1.165) is 0 Å². The average molecular weight is 432 g/mol. The lowest BCUT2D eigenvalue weighted by atomic mass is 9.95. The molecule has 0 spiro atoms. The lowest BCUT2D eigenvalue weighted by molar-refractivity contribution is -0.130. The molecule has 4 rings (SSSR count). The van der Waals surface area contributed by atoms with Gasteiger partial charge in [-0.25, -0.2) is 0 Å². The van der Waals surface area contributed by atoms with Crippen LogP contribution in [0, 0.1) is 6.92 Å². The van der Waals surface area contributed by atoms with E-state index < -0.39 is 23.5 Å². The first kappa shape index (κ1) is 19.4. The van der Waals surface area contributed by atoms with Gasteiger partial charge in [-0.05, 0) is 48.9 Å². The van der Waals surface area contributed by atoms with Crippen LogP contribution >= 0.6 is 23.2 Å². The number of halogens is 2. The van der Waals surface area contributed by atoms with Crippen molar-refractivity contribution in [3.05, 3.63) is 92.9 Å². The van der Waals surface area contributed by atoms with Gasteiger partial charge >= 0.3 is 0 Å². The zero-order chi connectivity index (χ0) is 20.7. The summed E-state index contributed by atoms with van der Waals surface area (Å²) >= 11 is 12.2. The molecule has 1 aliphatic heterocycles.